The summed E-state index contributed by atoms with van der Waals surface area (Å²) in [5.74, 6) is 1.39. The number of hydrogen-bond acceptors (Lipinski definition) is 2. The fourth-order valence-corrected chi connectivity index (χ4v) is 4.92. The van der Waals surface area contributed by atoms with Crippen molar-refractivity contribution in [1.29, 1.82) is 0 Å². The Labute approximate surface area is 195 Å². The van der Waals surface area contributed by atoms with Gasteiger partial charge in [0.15, 0.2) is 0 Å². The van der Waals surface area contributed by atoms with Crippen LogP contribution in [0, 0.1) is 5.92 Å². The second-order valence-electron chi connectivity index (χ2n) is 10.1. The molecular formula is C29H55NO. The second-order valence-corrected chi connectivity index (χ2v) is 10.1. The lowest BCUT2D eigenvalue weighted by Crippen LogP contribution is -2.34. The van der Waals surface area contributed by atoms with Crippen LogP contribution in [0.2, 0.25) is 0 Å². The van der Waals surface area contributed by atoms with E-state index in [-0.39, 0.29) is 0 Å². The molecule has 1 heterocycles. The van der Waals surface area contributed by atoms with Crippen molar-refractivity contribution in [3.63, 3.8) is 0 Å². The minimum absolute atomic E-state index is 0.515. The molecule has 0 atom stereocenters. The van der Waals surface area contributed by atoms with Gasteiger partial charge in [0.25, 0.3) is 0 Å². The van der Waals surface area contributed by atoms with Crippen molar-refractivity contribution in [2.45, 2.75) is 142 Å². The summed E-state index contributed by atoms with van der Waals surface area (Å²) in [5.41, 5.74) is 0. The highest BCUT2D eigenvalue weighted by Crippen LogP contribution is 2.23. The van der Waals surface area contributed by atoms with Crippen molar-refractivity contribution in [3.05, 3.63) is 12.2 Å². The molecule has 0 radical (unpaired) electrons. The van der Waals surface area contributed by atoms with Gasteiger partial charge in [0, 0.05) is 12.8 Å². The van der Waals surface area contributed by atoms with Crippen LogP contribution in [0.1, 0.15) is 142 Å². The first-order chi connectivity index (χ1) is 15.3. The van der Waals surface area contributed by atoms with Crippen molar-refractivity contribution >= 4 is 5.78 Å². The predicted octanol–water partition coefficient (Wildman–Crippen LogP) is 8.89. The molecule has 0 saturated carbocycles. The monoisotopic (exact) mass is 433 g/mol. The predicted molar refractivity (Wildman–Crippen MR) is 138 cm³/mol. The molecule has 182 valence electrons. The number of unbranched alkanes of at least 4 members (excludes halogenated alkanes) is 11. The summed E-state index contributed by atoms with van der Waals surface area (Å²) in [6, 6.07) is 0. The number of carbonyl (C=O) groups is 1. The Balaban J connectivity index is 1.81. The summed E-state index contributed by atoms with van der Waals surface area (Å²) in [6.45, 7) is 8.38. The Morgan fingerprint density at radius 3 is 1.87 bits per heavy atom. The zero-order valence-corrected chi connectivity index (χ0v) is 21.4. The summed E-state index contributed by atoms with van der Waals surface area (Å²) < 4.78 is 0. The second kappa shape index (κ2) is 21.2. The Hall–Kier alpha value is -0.630. The number of carbonyl (C=O) groups excluding carboxylic acids is 1. The van der Waals surface area contributed by atoms with Crippen LogP contribution < -0.4 is 0 Å². The van der Waals surface area contributed by atoms with Gasteiger partial charge < -0.3 is 4.90 Å². The molecule has 0 amide bonds. The highest BCUT2D eigenvalue weighted by atomic mass is 16.1. The molecular weight excluding hydrogens is 378 g/mol. The lowest BCUT2D eigenvalue weighted by atomic mass is 9.91. The fraction of sp³-hybridized carbons (Fsp3) is 0.897. The summed E-state index contributed by atoms with van der Waals surface area (Å²) in [6.07, 6.45) is 30.0. The van der Waals surface area contributed by atoms with E-state index in [0.29, 0.717) is 5.78 Å². The standard InChI is InChI=1S/C29H55NO/c1-3-5-6-7-8-9-10-11-12-13-14-15-16-17-18-21-29(31)22-19-20-28-23-26-30(25-4-2)27-24-28/h11-12,28H,3-10,13-27H2,1-2H3/b12-11-. The van der Waals surface area contributed by atoms with Gasteiger partial charge in [-0.15, -0.1) is 0 Å². The molecule has 0 spiro atoms. The minimum atomic E-state index is 0.515. The first kappa shape index (κ1) is 28.4. The fourth-order valence-electron chi connectivity index (χ4n) is 4.92. The Bertz CT molecular complexity index is 422. The molecule has 1 saturated heterocycles. The molecule has 1 rings (SSSR count). The summed E-state index contributed by atoms with van der Waals surface area (Å²) in [5, 5.41) is 0. The smallest absolute Gasteiger partial charge is 0.132 e. The van der Waals surface area contributed by atoms with Crippen LogP contribution in [0.25, 0.3) is 0 Å². The van der Waals surface area contributed by atoms with Crippen molar-refractivity contribution < 1.29 is 4.79 Å². The van der Waals surface area contributed by atoms with E-state index in [1.165, 1.54) is 122 Å². The van der Waals surface area contributed by atoms with Gasteiger partial charge in [0.1, 0.15) is 5.78 Å². The van der Waals surface area contributed by atoms with Gasteiger partial charge in [-0.2, -0.15) is 0 Å². The third-order valence-corrected chi connectivity index (χ3v) is 7.03. The van der Waals surface area contributed by atoms with E-state index >= 15 is 0 Å². The number of allylic oxidation sites excluding steroid dienone is 2. The molecule has 0 unspecified atom stereocenters. The summed E-state index contributed by atoms with van der Waals surface area (Å²) >= 11 is 0. The number of nitrogens with zero attached hydrogens (tertiary/aromatic N) is 1. The molecule has 1 aliphatic rings. The van der Waals surface area contributed by atoms with E-state index in [9.17, 15) is 4.79 Å². The molecule has 0 aromatic carbocycles. The minimum Gasteiger partial charge on any atom is -0.303 e. The molecule has 1 fully saturated rings. The van der Waals surface area contributed by atoms with Crippen LogP contribution in [-0.2, 0) is 4.79 Å². The van der Waals surface area contributed by atoms with Crippen molar-refractivity contribution in [3.8, 4) is 0 Å². The highest BCUT2D eigenvalue weighted by Gasteiger charge is 2.18. The normalized spacial score (nSPS) is 15.8. The lowest BCUT2D eigenvalue weighted by molar-refractivity contribution is -0.119. The zero-order valence-electron chi connectivity index (χ0n) is 21.4. The highest BCUT2D eigenvalue weighted by molar-refractivity contribution is 5.78. The first-order valence-electron chi connectivity index (χ1n) is 14.1. The molecule has 0 aromatic heterocycles. The van der Waals surface area contributed by atoms with Crippen molar-refractivity contribution in [2.75, 3.05) is 19.6 Å². The quantitative estimate of drug-likeness (QED) is 0.133. The number of piperidine rings is 1. The molecule has 0 aromatic rings. The molecule has 0 bridgehead atoms. The van der Waals surface area contributed by atoms with Crippen LogP contribution >= 0.6 is 0 Å². The van der Waals surface area contributed by atoms with Crippen molar-refractivity contribution in [2.24, 2.45) is 5.92 Å². The molecule has 1 aliphatic heterocycles. The largest absolute Gasteiger partial charge is 0.303 e. The van der Waals surface area contributed by atoms with E-state index < -0.39 is 0 Å². The van der Waals surface area contributed by atoms with Gasteiger partial charge in [0.05, 0.1) is 0 Å². The maximum absolute atomic E-state index is 12.1. The molecule has 0 N–H and O–H groups in total. The summed E-state index contributed by atoms with van der Waals surface area (Å²) in [7, 11) is 0. The maximum atomic E-state index is 12.1. The van der Waals surface area contributed by atoms with Gasteiger partial charge in [-0.3, -0.25) is 4.79 Å². The molecule has 2 heteroatoms. The third-order valence-electron chi connectivity index (χ3n) is 7.03. The van der Waals surface area contributed by atoms with E-state index in [2.05, 4.69) is 30.9 Å². The third kappa shape index (κ3) is 17.6. The van der Waals surface area contributed by atoms with Crippen LogP contribution in [0.5, 0.6) is 0 Å². The Morgan fingerprint density at radius 1 is 0.710 bits per heavy atom. The van der Waals surface area contributed by atoms with Crippen molar-refractivity contribution in [1.82, 2.24) is 4.90 Å². The van der Waals surface area contributed by atoms with Gasteiger partial charge >= 0.3 is 0 Å². The van der Waals surface area contributed by atoms with Crippen LogP contribution in [0.15, 0.2) is 12.2 Å². The number of likely N-dealkylation sites (tertiary alicyclic amines) is 1. The van der Waals surface area contributed by atoms with Crippen LogP contribution in [-0.4, -0.2) is 30.3 Å². The number of Topliss-reactive ketones (excluding diaryl/α,β-unsaturated/α-hetero) is 1. The van der Waals surface area contributed by atoms with Gasteiger partial charge in [-0.05, 0) is 89.8 Å². The number of hydrogen-bond donors (Lipinski definition) is 0. The topological polar surface area (TPSA) is 20.3 Å². The first-order valence-corrected chi connectivity index (χ1v) is 14.1. The van der Waals surface area contributed by atoms with E-state index in [1.807, 2.05) is 0 Å². The lowest BCUT2D eigenvalue weighted by Gasteiger charge is -2.31. The van der Waals surface area contributed by atoms with Gasteiger partial charge in [-0.1, -0.05) is 77.4 Å². The number of ketones is 1. The van der Waals surface area contributed by atoms with E-state index in [1.54, 1.807) is 0 Å². The molecule has 2 nitrogen and oxygen atoms in total. The molecule has 0 aliphatic carbocycles. The van der Waals surface area contributed by atoms with Gasteiger partial charge in [-0.25, -0.2) is 0 Å². The van der Waals surface area contributed by atoms with Gasteiger partial charge in [0.2, 0.25) is 0 Å². The van der Waals surface area contributed by atoms with Crippen LogP contribution in [0.4, 0.5) is 0 Å². The maximum Gasteiger partial charge on any atom is 0.132 e. The average molecular weight is 434 g/mol. The van der Waals surface area contributed by atoms with E-state index in [4.69, 9.17) is 0 Å². The average Bonchev–Trinajstić information content (AvgIpc) is 2.78. The zero-order chi connectivity index (χ0) is 22.4. The van der Waals surface area contributed by atoms with E-state index in [0.717, 1.165) is 31.6 Å². The number of rotatable bonds is 21. The summed E-state index contributed by atoms with van der Waals surface area (Å²) in [4.78, 5) is 14.7. The SMILES string of the molecule is CCCCCCCC/C=C\CCCCCCCC(=O)CCCC1CCN(CCC)CC1. The van der Waals surface area contributed by atoms with Crippen LogP contribution in [0.3, 0.4) is 0 Å². The Morgan fingerprint density at radius 2 is 1.26 bits per heavy atom. The molecule has 31 heavy (non-hydrogen) atoms. The Kier molecular flexibility index (Phi) is 19.4.